The summed E-state index contributed by atoms with van der Waals surface area (Å²) in [6.45, 7) is 0.498. The lowest BCUT2D eigenvalue weighted by Gasteiger charge is -2.06. The molecule has 3 N–H and O–H groups in total. The zero-order chi connectivity index (χ0) is 14.7. The molecule has 1 aliphatic carbocycles. The van der Waals surface area contributed by atoms with Crippen LogP contribution in [0, 0.1) is 0 Å². The van der Waals surface area contributed by atoms with Gasteiger partial charge < -0.3 is 10.6 Å². The van der Waals surface area contributed by atoms with Crippen LogP contribution in [0.3, 0.4) is 0 Å². The summed E-state index contributed by atoms with van der Waals surface area (Å²) in [6, 6.07) is 5.80. The highest BCUT2D eigenvalue weighted by Gasteiger charge is 2.22. The number of benzene rings is 1. The number of nitrogens with one attached hydrogen (secondary N) is 3. The Balaban J connectivity index is 1.43. The summed E-state index contributed by atoms with van der Waals surface area (Å²) in [7, 11) is 0. The van der Waals surface area contributed by atoms with Crippen molar-refractivity contribution in [1.82, 2.24) is 20.8 Å². The van der Waals surface area contributed by atoms with Crippen LogP contribution in [-0.2, 0) is 4.79 Å². The third kappa shape index (κ3) is 3.59. The van der Waals surface area contributed by atoms with Gasteiger partial charge in [-0.2, -0.15) is 5.10 Å². The Morgan fingerprint density at radius 3 is 3.00 bits per heavy atom. The average molecular weight is 286 g/mol. The van der Waals surface area contributed by atoms with Gasteiger partial charge in [0.1, 0.15) is 0 Å². The highest BCUT2D eigenvalue weighted by Crippen LogP contribution is 2.18. The second-order valence-corrected chi connectivity index (χ2v) is 5.37. The van der Waals surface area contributed by atoms with Crippen molar-refractivity contribution in [2.24, 2.45) is 0 Å². The first kappa shape index (κ1) is 13.6. The molecule has 3 rings (SSSR count). The summed E-state index contributed by atoms with van der Waals surface area (Å²) in [5.74, 6) is -0.0558. The Morgan fingerprint density at radius 1 is 1.33 bits per heavy atom. The van der Waals surface area contributed by atoms with Gasteiger partial charge in [-0.15, -0.1) is 0 Å². The standard InChI is InChI=1S/C15H18N4O2/c20-14(18-12-5-6-12)2-1-7-16-15(21)10-3-4-11-9-17-19-13(11)8-10/h3-4,8-9,12H,1-2,5-7H2,(H,16,21)(H,17,19)(H,18,20). The first-order chi connectivity index (χ1) is 10.2. The van der Waals surface area contributed by atoms with E-state index >= 15 is 0 Å². The monoisotopic (exact) mass is 286 g/mol. The van der Waals surface area contributed by atoms with Crippen molar-refractivity contribution < 1.29 is 9.59 Å². The lowest BCUT2D eigenvalue weighted by atomic mass is 10.1. The minimum atomic E-state index is -0.130. The van der Waals surface area contributed by atoms with E-state index in [1.165, 1.54) is 0 Å². The van der Waals surface area contributed by atoms with Crippen LogP contribution in [0.5, 0.6) is 0 Å². The molecule has 6 nitrogen and oxygen atoms in total. The molecule has 0 bridgehead atoms. The van der Waals surface area contributed by atoms with E-state index in [0.717, 1.165) is 23.7 Å². The molecule has 0 unspecified atom stereocenters. The molecule has 110 valence electrons. The molecule has 6 heteroatoms. The van der Waals surface area contributed by atoms with Crippen molar-refractivity contribution in [2.45, 2.75) is 31.7 Å². The van der Waals surface area contributed by atoms with Gasteiger partial charge in [0.05, 0.1) is 11.7 Å². The molecule has 21 heavy (non-hydrogen) atoms. The number of fused-ring (bicyclic) bond motifs is 1. The van der Waals surface area contributed by atoms with Gasteiger partial charge in [-0.3, -0.25) is 14.7 Å². The largest absolute Gasteiger partial charge is 0.353 e. The first-order valence-electron chi connectivity index (χ1n) is 7.23. The topological polar surface area (TPSA) is 86.9 Å². The smallest absolute Gasteiger partial charge is 0.251 e. The molecule has 1 aromatic heterocycles. The SMILES string of the molecule is O=C(CCCNC(=O)c1ccc2cn[nH]c2c1)NC1CC1. The van der Waals surface area contributed by atoms with Crippen molar-refractivity contribution >= 4 is 22.7 Å². The molecular weight excluding hydrogens is 268 g/mol. The summed E-state index contributed by atoms with van der Waals surface area (Å²) < 4.78 is 0. The van der Waals surface area contributed by atoms with Crippen LogP contribution in [0.2, 0.25) is 0 Å². The van der Waals surface area contributed by atoms with Crippen LogP contribution >= 0.6 is 0 Å². The lowest BCUT2D eigenvalue weighted by Crippen LogP contribution is -2.28. The predicted molar refractivity (Wildman–Crippen MR) is 78.8 cm³/mol. The van der Waals surface area contributed by atoms with Crippen molar-refractivity contribution in [3.63, 3.8) is 0 Å². The van der Waals surface area contributed by atoms with Gasteiger partial charge in [0.25, 0.3) is 5.91 Å². The van der Waals surface area contributed by atoms with E-state index in [2.05, 4.69) is 20.8 Å². The molecule has 0 atom stereocenters. The summed E-state index contributed by atoms with van der Waals surface area (Å²) in [5.41, 5.74) is 1.43. The molecule has 1 saturated carbocycles. The Kier molecular flexibility index (Phi) is 3.85. The quantitative estimate of drug-likeness (QED) is 0.701. The van der Waals surface area contributed by atoms with Gasteiger partial charge in [-0.25, -0.2) is 0 Å². The van der Waals surface area contributed by atoms with Gasteiger partial charge >= 0.3 is 0 Å². The van der Waals surface area contributed by atoms with E-state index in [9.17, 15) is 9.59 Å². The Morgan fingerprint density at radius 2 is 2.19 bits per heavy atom. The normalized spacial score (nSPS) is 14.1. The van der Waals surface area contributed by atoms with Crippen LogP contribution in [0.1, 0.15) is 36.0 Å². The van der Waals surface area contributed by atoms with Crippen molar-refractivity contribution in [3.8, 4) is 0 Å². The minimum absolute atomic E-state index is 0.0747. The fourth-order valence-electron chi connectivity index (χ4n) is 2.16. The summed E-state index contributed by atoms with van der Waals surface area (Å²) in [5, 5.41) is 13.5. The molecule has 1 heterocycles. The zero-order valence-electron chi connectivity index (χ0n) is 11.7. The summed E-state index contributed by atoms with van der Waals surface area (Å²) in [4.78, 5) is 23.5. The van der Waals surface area contributed by atoms with E-state index in [-0.39, 0.29) is 11.8 Å². The van der Waals surface area contributed by atoms with E-state index in [4.69, 9.17) is 0 Å². The van der Waals surface area contributed by atoms with Gasteiger partial charge in [-0.1, -0.05) is 6.07 Å². The molecule has 0 saturated heterocycles. The molecule has 0 spiro atoms. The average Bonchev–Trinajstić information content (AvgIpc) is 3.16. The number of aromatic amines is 1. The number of nitrogens with zero attached hydrogens (tertiary/aromatic N) is 1. The van der Waals surface area contributed by atoms with Crippen molar-refractivity contribution in [3.05, 3.63) is 30.0 Å². The molecule has 0 radical (unpaired) electrons. The van der Waals surface area contributed by atoms with Crippen LogP contribution in [-0.4, -0.2) is 34.6 Å². The molecule has 1 aliphatic rings. The Bertz CT molecular complexity index is 660. The summed E-state index contributed by atoms with van der Waals surface area (Å²) >= 11 is 0. The Labute approximate surface area is 122 Å². The van der Waals surface area contributed by atoms with Gasteiger partial charge in [0, 0.05) is 30.0 Å². The summed E-state index contributed by atoms with van der Waals surface area (Å²) in [6.07, 6.45) is 5.01. The van der Waals surface area contributed by atoms with Gasteiger partial charge in [0.15, 0.2) is 0 Å². The maximum Gasteiger partial charge on any atom is 0.251 e. The molecular formula is C15H18N4O2. The van der Waals surface area contributed by atoms with E-state index < -0.39 is 0 Å². The molecule has 1 fully saturated rings. The van der Waals surface area contributed by atoms with E-state index in [1.54, 1.807) is 18.3 Å². The van der Waals surface area contributed by atoms with Gasteiger partial charge in [-0.05, 0) is 31.4 Å². The lowest BCUT2D eigenvalue weighted by molar-refractivity contribution is -0.121. The zero-order valence-corrected chi connectivity index (χ0v) is 11.7. The second kappa shape index (κ2) is 5.95. The number of carbonyl (C=O) groups is 2. The third-order valence-corrected chi connectivity index (χ3v) is 3.51. The molecule has 2 amide bonds. The van der Waals surface area contributed by atoms with E-state index in [1.807, 2.05) is 6.07 Å². The molecule has 0 aliphatic heterocycles. The number of hydrogen-bond acceptors (Lipinski definition) is 3. The van der Waals surface area contributed by atoms with Crippen LogP contribution in [0.25, 0.3) is 10.9 Å². The van der Waals surface area contributed by atoms with Crippen LogP contribution in [0.4, 0.5) is 0 Å². The number of H-pyrrole nitrogens is 1. The highest BCUT2D eigenvalue weighted by molar-refractivity contribution is 5.97. The number of carbonyl (C=O) groups excluding carboxylic acids is 2. The van der Waals surface area contributed by atoms with Crippen LogP contribution < -0.4 is 10.6 Å². The molecule has 2 aromatic rings. The third-order valence-electron chi connectivity index (χ3n) is 3.51. The maximum absolute atomic E-state index is 12.0. The number of aromatic nitrogens is 2. The fourth-order valence-corrected chi connectivity index (χ4v) is 2.16. The predicted octanol–water partition coefficient (Wildman–Crippen LogP) is 1.35. The van der Waals surface area contributed by atoms with Gasteiger partial charge in [0.2, 0.25) is 5.91 Å². The molecule has 1 aromatic carbocycles. The number of hydrogen-bond donors (Lipinski definition) is 3. The van der Waals surface area contributed by atoms with Crippen molar-refractivity contribution in [2.75, 3.05) is 6.54 Å². The Hall–Kier alpha value is -2.37. The second-order valence-electron chi connectivity index (χ2n) is 5.37. The highest BCUT2D eigenvalue weighted by atomic mass is 16.2. The fraction of sp³-hybridized carbons (Fsp3) is 0.400. The number of amides is 2. The maximum atomic E-state index is 12.0. The minimum Gasteiger partial charge on any atom is -0.353 e. The number of rotatable bonds is 6. The van der Waals surface area contributed by atoms with E-state index in [0.29, 0.717) is 31.0 Å². The first-order valence-corrected chi connectivity index (χ1v) is 7.23. The van der Waals surface area contributed by atoms with Crippen LogP contribution in [0.15, 0.2) is 24.4 Å². The van der Waals surface area contributed by atoms with Crippen molar-refractivity contribution in [1.29, 1.82) is 0 Å².